The number of hydrogen-bond donors (Lipinski definition) is 2. The highest BCUT2D eigenvalue weighted by molar-refractivity contribution is 6.00. The van der Waals surface area contributed by atoms with Gasteiger partial charge in [0.2, 0.25) is 5.91 Å². The van der Waals surface area contributed by atoms with Gasteiger partial charge in [-0.1, -0.05) is 42.5 Å². The summed E-state index contributed by atoms with van der Waals surface area (Å²) in [6.45, 7) is 1.73. The van der Waals surface area contributed by atoms with Crippen LogP contribution < -0.4 is 10.6 Å². The van der Waals surface area contributed by atoms with Crippen molar-refractivity contribution in [3.63, 3.8) is 0 Å². The summed E-state index contributed by atoms with van der Waals surface area (Å²) in [4.78, 5) is 28.0. The lowest BCUT2D eigenvalue weighted by atomic mass is 10.1. The predicted molar refractivity (Wildman–Crippen MR) is 104 cm³/mol. The van der Waals surface area contributed by atoms with E-state index >= 15 is 0 Å². The maximum Gasteiger partial charge on any atom is 0.268 e. The van der Waals surface area contributed by atoms with Gasteiger partial charge in [0.25, 0.3) is 5.91 Å². The first-order valence-electron chi connectivity index (χ1n) is 8.51. The van der Waals surface area contributed by atoms with Crippen LogP contribution in [0.1, 0.15) is 18.1 Å². The average molecular weight is 360 g/mol. The highest BCUT2D eigenvalue weighted by Gasteiger charge is 2.11. The zero-order valence-corrected chi connectivity index (χ0v) is 14.9. The summed E-state index contributed by atoms with van der Waals surface area (Å²) >= 11 is 0. The van der Waals surface area contributed by atoms with Crippen molar-refractivity contribution in [1.29, 1.82) is 0 Å². The Labute approximate surface area is 157 Å². The van der Waals surface area contributed by atoms with Crippen LogP contribution in [0.15, 0.2) is 79.0 Å². The van der Waals surface area contributed by atoms with E-state index in [0.29, 0.717) is 6.54 Å². The maximum absolute atomic E-state index is 12.5. The lowest BCUT2D eigenvalue weighted by Crippen LogP contribution is -2.33. The van der Waals surface area contributed by atoms with Gasteiger partial charge in [-0.25, -0.2) is 4.98 Å². The molecule has 0 aliphatic heterocycles. The van der Waals surface area contributed by atoms with Crippen molar-refractivity contribution >= 4 is 17.9 Å². The highest BCUT2D eigenvalue weighted by atomic mass is 16.2. The van der Waals surface area contributed by atoms with E-state index in [2.05, 4.69) is 15.6 Å². The monoisotopic (exact) mass is 360 g/mol. The molecule has 0 spiro atoms. The van der Waals surface area contributed by atoms with Gasteiger partial charge < -0.3 is 15.2 Å². The fraction of sp³-hybridized carbons (Fsp3) is 0.0952. The van der Waals surface area contributed by atoms with E-state index in [0.717, 1.165) is 16.8 Å². The Kier molecular flexibility index (Phi) is 5.79. The van der Waals surface area contributed by atoms with Gasteiger partial charge in [-0.15, -0.1) is 0 Å². The van der Waals surface area contributed by atoms with Gasteiger partial charge in [-0.05, 0) is 29.3 Å². The summed E-state index contributed by atoms with van der Waals surface area (Å²) in [6.07, 6.45) is 6.96. The molecule has 1 heterocycles. The molecule has 0 saturated carbocycles. The molecule has 0 aliphatic rings. The van der Waals surface area contributed by atoms with Crippen molar-refractivity contribution in [2.24, 2.45) is 0 Å². The Balaban J connectivity index is 1.67. The molecule has 6 nitrogen and oxygen atoms in total. The second-order valence-corrected chi connectivity index (χ2v) is 5.97. The predicted octanol–water partition coefficient (Wildman–Crippen LogP) is 2.67. The molecule has 6 heteroatoms. The highest BCUT2D eigenvalue weighted by Crippen LogP contribution is 2.10. The van der Waals surface area contributed by atoms with Gasteiger partial charge in [0, 0.05) is 31.5 Å². The summed E-state index contributed by atoms with van der Waals surface area (Å²) in [5, 5.41) is 5.43. The first-order valence-corrected chi connectivity index (χ1v) is 8.51. The first kappa shape index (κ1) is 18.1. The van der Waals surface area contributed by atoms with Gasteiger partial charge in [0.1, 0.15) is 5.70 Å². The molecule has 2 aromatic carbocycles. The van der Waals surface area contributed by atoms with Gasteiger partial charge in [-0.2, -0.15) is 0 Å². The molecule has 3 rings (SSSR count). The van der Waals surface area contributed by atoms with Gasteiger partial charge >= 0.3 is 0 Å². The third kappa shape index (κ3) is 5.15. The summed E-state index contributed by atoms with van der Waals surface area (Å²) in [7, 11) is 0. The fourth-order valence-electron chi connectivity index (χ4n) is 2.54. The number of benzene rings is 2. The van der Waals surface area contributed by atoms with E-state index in [4.69, 9.17) is 0 Å². The number of carbonyl (C=O) groups excluding carboxylic acids is 2. The summed E-state index contributed by atoms with van der Waals surface area (Å²) < 4.78 is 1.90. The topological polar surface area (TPSA) is 76.0 Å². The van der Waals surface area contributed by atoms with Crippen molar-refractivity contribution in [3.05, 3.63) is 90.1 Å². The van der Waals surface area contributed by atoms with Gasteiger partial charge in [0.15, 0.2) is 0 Å². The fourth-order valence-corrected chi connectivity index (χ4v) is 2.54. The molecule has 1 aromatic heterocycles. The van der Waals surface area contributed by atoms with Crippen molar-refractivity contribution in [3.8, 4) is 5.69 Å². The molecule has 2 amide bonds. The smallest absolute Gasteiger partial charge is 0.268 e. The molecule has 136 valence electrons. The quantitative estimate of drug-likeness (QED) is 0.664. The molecule has 0 unspecified atom stereocenters. The number of imidazole rings is 1. The van der Waals surface area contributed by atoms with E-state index in [-0.39, 0.29) is 17.5 Å². The summed E-state index contributed by atoms with van der Waals surface area (Å²) in [6, 6.07) is 17.2. The Morgan fingerprint density at radius 2 is 1.81 bits per heavy atom. The third-order valence-corrected chi connectivity index (χ3v) is 3.86. The minimum atomic E-state index is -0.340. The lowest BCUT2D eigenvalue weighted by Gasteiger charge is -2.10. The van der Waals surface area contributed by atoms with E-state index in [1.54, 1.807) is 18.6 Å². The van der Waals surface area contributed by atoms with Crippen LogP contribution in [0.2, 0.25) is 0 Å². The van der Waals surface area contributed by atoms with E-state index in [9.17, 15) is 9.59 Å². The minimum Gasteiger partial charge on any atom is -0.347 e. The van der Waals surface area contributed by atoms with Crippen LogP contribution in [0.4, 0.5) is 0 Å². The normalized spacial score (nSPS) is 11.1. The average Bonchev–Trinajstić information content (AvgIpc) is 3.21. The third-order valence-electron chi connectivity index (χ3n) is 3.86. The Morgan fingerprint density at radius 1 is 1.07 bits per heavy atom. The van der Waals surface area contributed by atoms with Crippen molar-refractivity contribution in [2.75, 3.05) is 0 Å². The lowest BCUT2D eigenvalue weighted by molar-refractivity contribution is -0.122. The van der Waals surface area contributed by atoms with Crippen LogP contribution in [0, 0.1) is 0 Å². The minimum absolute atomic E-state index is 0.212. The second kappa shape index (κ2) is 8.62. The molecular weight excluding hydrogens is 340 g/mol. The molecule has 0 aliphatic carbocycles. The van der Waals surface area contributed by atoms with Crippen LogP contribution in [-0.4, -0.2) is 21.4 Å². The first-order chi connectivity index (χ1) is 13.1. The number of hydrogen-bond acceptors (Lipinski definition) is 3. The molecule has 2 N–H and O–H groups in total. The SMILES string of the molecule is CC(=O)N/C(=C\c1ccccc1)C(=O)NCc1ccc(-n2ccnc2)cc1. The maximum atomic E-state index is 12.5. The van der Waals surface area contributed by atoms with Gasteiger partial charge in [-0.3, -0.25) is 9.59 Å². The zero-order valence-electron chi connectivity index (χ0n) is 14.9. The van der Waals surface area contributed by atoms with Crippen molar-refractivity contribution in [2.45, 2.75) is 13.5 Å². The molecule has 0 radical (unpaired) electrons. The molecule has 0 atom stereocenters. The molecule has 0 fully saturated rings. The second-order valence-electron chi connectivity index (χ2n) is 5.97. The van der Waals surface area contributed by atoms with Crippen LogP contribution in [-0.2, 0) is 16.1 Å². The Bertz CT molecular complexity index is 930. The standard InChI is InChI=1S/C21H20N4O2/c1-16(26)24-20(13-17-5-3-2-4-6-17)21(27)23-14-18-7-9-19(10-8-18)25-12-11-22-15-25/h2-13,15H,14H2,1H3,(H,23,27)(H,24,26)/b20-13-. The van der Waals surface area contributed by atoms with Gasteiger partial charge in [0.05, 0.1) is 6.33 Å². The van der Waals surface area contributed by atoms with E-state index in [1.165, 1.54) is 6.92 Å². The number of carbonyl (C=O) groups is 2. The molecule has 0 saturated heterocycles. The number of rotatable bonds is 6. The summed E-state index contributed by atoms with van der Waals surface area (Å²) in [5.41, 5.74) is 2.99. The zero-order chi connectivity index (χ0) is 19.1. The molecular formula is C21H20N4O2. The summed E-state index contributed by atoms with van der Waals surface area (Å²) in [5.74, 6) is -0.634. The molecule has 27 heavy (non-hydrogen) atoms. The van der Waals surface area contributed by atoms with Crippen LogP contribution in [0.3, 0.4) is 0 Å². The molecule has 0 bridgehead atoms. The number of nitrogens with one attached hydrogen (secondary N) is 2. The van der Waals surface area contributed by atoms with E-state index < -0.39 is 0 Å². The number of nitrogens with zero attached hydrogens (tertiary/aromatic N) is 2. The number of amides is 2. The van der Waals surface area contributed by atoms with E-state index in [1.807, 2.05) is 65.4 Å². The van der Waals surface area contributed by atoms with Crippen LogP contribution in [0.5, 0.6) is 0 Å². The van der Waals surface area contributed by atoms with Crippen LogP contribution >= 0.6 is 0 Å². The van der Waals surface area contributed by atoms with Crippen molar-refractivity contribution < 1.29 is 9.59 Å². The Morgan fingerprint density at radius 3 is 2.44 bits per heavy atom. The van der Waals surface area contributed by atoms with Crippen molar-refractivity contribution in [1.82, 2.24) is 20.2 Å². The Hall–Kier alpha value is -3.67. The number of aromatic nitrogens is 2. The largest absolute Gasteiger partial charge is 0.347 e. The van der Waals surface area contributed by atoms with Crippen LogP contribution in [0.25, 0.3) is 11.8 Å². The molecule has 3 aromatic rings.